The van der Waals surface area contributed by atoms with Crippen LogP contribution in [-0.4, -0.2) is 85.5 Å². The van der Waals surface area contributed by atoms with Crippen molar-refractivity contribution in [2.75, 3.05) is 59.7 Å². The van der Waals surface area contributed by atoms with Gasteiger partial charge in [0.1, 0.15) is 5.82 Å². The Morgan fingerprint density at radius 1 is 0.977 bits per heavy atom. The number of hydrogen-bond acceptors (Lipinski definition) is 7. The molecule has 2 aliphatic heterocycles. The molecule has 8 rings (SSSR count). The van der Waals surface area contributed by atoms with E-state index in [1.165, 1.54) is 0 Å². The van der Waals surface area contributed by atoms with Crippen LogP contribution in [0.2, 0.25) is 0 Å². The van der Waals surface area contributed by atoms with Crippen molar-refractivity contribution in [3.8, 4) is 0 Å². The first-order chi connectivity index (χ1) is 20.6. The molecule has 3 unspecified atom stereocenters. The summed E-state index contributed by atoms with van der Waals surface area (Å²) < 4.78 is 26.9. The highest BCUT2D eigenvalue weighted by atomic mass is 32.2. The van der Waals surface area contributed by atoms with Gasteiger partial charge in [0.05, 0.1) is 34.6 Å². The molecule has 4 bridgehead atoms. The van der Waals surface area contributed by atoms with Crippen molar-refractivity contribution in [1.29, 1.82) is 0 Å². The quantitative estimate of drug-likeness (QED) is 0.514. The van der Waals surface area contributed by atoms with Gasteiger partial charge in [-0.3, -0.25) is 4.90 Å². The predicted octanol–water partition coefficient (Wildman–Crippen LogP) is 3.80. The van der Waals surface area contributed by atoms with Crippen LogP contribution < -0.4 is 20.0 Å². The summed E-state index contributed by atoms with van der Waals surface area (Å²) in [5.41, 5.74) is 2.29. The third-order valence-corrected chi connectivity index (χ3v) is 12.6. The normalized spacial score (nSPS) is 30.6. The number of amides is 2. The molecular weight excluding hydrogens is 564 g/mol. The number of pyridine rings is 1. The first-order valence-electron chi connectivity index (χ1n) is 15.9. The third kappa shape index (κ3) is 5.48. The Morgan fingerprint density at radius 2 is 1.67 bits per heavy atom. The van der Waals surface area contributed by atoms with Crippen LogP contribution in [0, 0.1) is 23.7 Å². The molecule has 3 heterocycles. The number of nitrogens with zero attached hydrogens (tertiary/aromatic N) is 5. The van der Waals surface area contributed by atoms with Crippen LogP contribution >= 0.6 is 0 Å². The summed E-state index contributed by atoms with van der Waals surface area (Å²) in [7, 11) is -3.22. The van der Waals surface area contributed by atoms with Gasteiger partial charge in [0.2, 0.25) is 10.0 Å². The minimum atomic E-state index is -3.22. The fraction of sp³-hybridized carbons (Fsp3) is 0.625. The Kier molecular flexibility index (Phi) is 7.33. The molecule has 1 aromatic carbocycles. The van der Waals surface area contributed by atoms with Crippen molar-refractivity contribution < 1.29 is 18.3 Å². The van der Waals surface area contributed by atoms with Crippen molar-refractivity contribution in [3.63, 3.8) is 0 Å². The number of hydrogen-bond donors (Lipinski definition) is 2. The number of aliphatic hydroxyl groups is 1. The second kappa shape index (κ2) is 10.9. The summed E-state index contributed by atoms with van der Waals surface area (Å²) in [5, 5.41) is 14.4. The lowest BCUT2D eigenvalue weighted by Crippen LogP contribution is -2.63. The number of sulfonamides is 1. The van der Waals surface area contributed by atoms with E-state index in [-0.39, 0.29) is 23.7 Å². The zero-order chi connectivity index (χ0) is 29.9. The number of benzene rings is 1. The van der Waals surface area contributed by atoms with Gasteiger partial charge in [-0.15, -0.1) is 0 Å². The maximum atomic E-state index is 13.7. The third-order valence-electron chi connectivity index (χ3n) is 10.3. The number of para-hydroxylation sites is 2. The number of piperazine rings is 1. The first kappa shape index (κ1) is 28.9. The monoisotopic (exact) mass is 608 g/mol. The number of anilines is 4. The second-order valence-electron chi connectivity index (χ2n) is 13.9. The largest absolute Gasteiger partial charge is 0.390 e. The van der Waals surface area contributed by atoms with E-state index in [1.807, 2.05) is 55.3 Å². The molecule has 6 aliphatic rings. The summed E-state index contributed by atoms with van der Waals surface area (Å²) in [5.74, 6) is 2.46. The van der Waals surface area contributed by atoms with Gasteiger partial charge in [-0.25, -0.2) is 18.2 Å². The number of aromatic nitrogens is 1. The van der Waals surface area contributed by atoms with Crippen molar-refractivity contribution in [1.82, 2.24) is 14.6 Å². The zero-order valence-electron chi connectivity index (χ0n) is 25.2. The van der Waals surface area contributed by atoms with E-state index >= 15 is 0 Å². The number of nitrogens with one attached hydrogen (secondary N) is 1. The molecule has 1 aromatic heterocycles. The Balaban J connectivity index is 1.02. The molecule has 1 saturated heterocycles. The van der Waals surface area contributed by atoms with E-state index in [0.29, 0.717) is 57.0 Å². The predicted molar refractivity (Wildman–Crippen MR) is 168 cm³/mol. The lowest BCUT2D eigenvalue weighted by molar-refractivity contribution is -0.136. The average molecular weight is 609 g/mol. The SMILES string of the molecule is CC(C)CS(=O)(=O)N1CCN(c2ccc(N3CCN(C(=O)NC4[C@@H]5CC6C[C@H]4CC(O)(C6)C5)c4ccccc43)nc2)CC1. The Hall–Kier alpha value is -2.89. The number of fused-ring (bicyclic) bond motifs is 1. The van der Waals surface area contributed by atoms with Crippen LogP contribution in [0.25, 0.3) is 0 Å². The van der Waals surface area contributed by atoms with Gasteiger partial charge in [-0.1, -0.05) is 26.0 Å². The Labute approximate surface area is 255 Å². The van der Waals surface area contributed by atoms with Crippen LogP contribution in [0.15, 0.2) is 42.6 Å². The van der Waals surface area contributed by atoms with Crippen LogP contribution in [0.5, 0.6) is 0 Å². The van der Waals surface area contributed by atoms with Crippen LogP contribution in [-0.2, 0) is 10.0 Å². The lowest BCUT2D eigenvalue weighted by atomic mass is 9.52. The number of carbonyl (C=O) groups excluding carboxylic acids is 1. The Morgan fingerprint density at radius 3 is 2.30 bits per heavy atom. The fourth-order valence-electron chi connectivity index (χ4n) is 8.72. The highest BCUT2D eigenvalue weighted by molar-refractivity contribution is 7.89. The summed E-state index contributed by atoms with van der Waals surface area (Å²) in [4.78, 5) is 24.7. The molecule has 2 aromatic rings. The summed E-state index contributed by atoms with van der Waals surface area (Å²) >= 11 is 0. The van der Waals surface area contributed by atoms with Gasteiger partial charge in [-0.05, 0) is 80.0 Å². The summed E-state index contributed by atoms with van der Waals surface area (Å²) in [6, 6.07) is 12.2. The van der Waals surface area contributed by atoms with E-state index in [0.717, 1.165) is 55.0 Å². The van der Waals surface area contributed by atoms with Gasteiger partial charge in [0, 0.05) is 45.3 Å². The maximum absolute atomic E-state index is 13.7. The number of rotatable bonds is 6. The topological polar surface area (TPSA) is 109 Å². The molecule has 11 heteroatoms. The van der Waals surface area contributed by atoms with Gasteiger partial charge in [0.15, 0.2) is 0 Å². The molecule has 232 valence electrons. The molecule has 5 atom stereocenters. The molecule has 10 nitrogen and oxygen atoms in total. The van der Waals surface area contributed by atoms with E-state index < -0.39 is 15.6 Å². The van der Waals surface area contributed by atoms with Crippen molar-refractivity contribution in [2.45, 2.75) is 57.6 Å². The van der Waals surface area contributed by atoms with Gasteiger partial charge in [-0.2, -0.15) is 4.31 Å². The molecule has 4 aliphatic carbocycles. The average Bonchev–Trinajstić information content (AvgIpc) is 2.97. The smallest absolute Gasteiger partial charge is 0.322 e. The van der Waals surface area contributed by atoms with Crippen molar-refractivity contribution in [3.05, 3.63) is 42.6 Å². The van der Waals surface area contributed by atoms with Gasteiger partial charge < -0.3 is 20.2 Å². The number of urea groups is 1. The van der Waals surface area contributed by atoms with Gasteiger partial charge >= 0.3 is 6.03 Å². The molecule has 2 amide bonds. The lowest BCUT2D eigenvalue weighted by Gasteiger charge is -2.58. The van der Waals surface area contributed by atoms with E-state index in [9.17, 15) is 18.3 Å². The van der Waals surface area contributed by atoms with Crippen LogP contribution in [0.3, 0.4) is 0 Å². The van der Waals surface area contributed by atoms with E-state index in [1.54, 1.807) is 4.31 Å². The zero-order valence-corrected chi connectivity index (χ0v) is 26.0. The van der Waals surface area contributed by atoms with Crippen LogP contribution in [0.1, 0.15) is 46.0 Å². The highest BCUT2D eigenvalue weighted by Crippen LogP contribution is 2.55. The van der Waals surface area contributed by atoms with E-state index in [2.05, 4.69) is 21.2 Å². The molecular formula is C32H44N6O4S. The van der Waals surface area contributed by atoms with Crippen LogP contribution in [0.4, 0.5) is 27.7 Å². The van der Waals surface area contributed by atoms with Gasteiger partial charge in [0.25, 0.3) is 0 Å². The molecule has 4 saturated carbocycles. The summed E-state index contributed by atoms with van der Waals surface area (Å²) in [6.07, 6.45) is 6.65. The fourth-order valence-corrected chi connectivity index (χ4v) is 10.5. The standard InChI is InChI=1S/C32H44N6O4S/c1-22(2)21-43(41,42)36-11-9-35(10-12-36)26-7-8-29(33-20-26)37-13-14-38(28-6-4-3-5-27(28)37)31(39)34-30-24-15-23-16-25(30)19-32(40,17-23)18-24/h3-8,20,22-25,30,40H,9-19,21H2,1-2H3,(H,34,39)/t23?,24-,25+,30?,32?. The first-order valence-corrected chi connectivity index (χ1v) is 17.6. The molecule has 0 spiro atoms. The van der Waals surface area contributed by atoms with Crippen molar-refractivity contribution in [2.24, 2.45) is 23.7 Å². The molecule has 5 fully saturated rings. The van der Waals surface area contributed by atoms with E-state index in [4.69, 9.17) is 4.98 Å². The molecule has 43 heavy (non-hydrogen) atoms. The van der Waals surface area contributed by atoms with Crippen molar-refractivity contribution >= 4 is 38.9 Å². The minimum absolute atomic E-state index is 0.0468. The second-order valence-corrected chi connectivity index (χ2v) is 15.9. The highest BCUT2D eigenvalue weighted by Gasteiger charge is 2.55. The minimum Gasteiger partial charge on any atom is -0.390 e. The summed E-state index contributed by atoms with van der Waals surface area (Å²) in [6.45, 7) is 7.29. The maximum Gasteiger partial charge on any atom is 0.322 e. The Bertz CT molecular complexity index is 1440. The molecule has 2 N–H and O–H groups in total. The molecule has 0 radical (unpaired) electrons. The number of carbonyl (C=O) groups is 1.